The summed E-state index contributed by atoms with van der Waals surface area (Å²) in [5.41, 5.74) is 8.28. The van der Waals surface area contributed by atoms with Gasteiger partial charge in [-0.2, -0.15) is 13.2 Å². The zero-order chi connectivity index (χ0) is 37.7. The first-order valence-electron chi connectivity index (χ1n) is 18.4. The standard InChI is InChI=1S/C48H40F3N3/c1-46(2,3)31-19-25-41-39(27-31)40-28-32(47(4,5)6)20-26-42(40)53(41)33-21-15-29(16-22-33)45-52-43-37-13-9-7-11-35(37)36-12-8-10-14-38(36)44(43)54(45)34-23-17-30(18-24-34)48(49,50)51/h7-28H,1-6H3. The van der Waals surface area contributed by atoms with Gasteiger partial charge < -0.3 is 4.57 Å². The Morgan fingerprint density at radius 1 is 0.444 bits per heavy atom. The molecule has 54 heavy (non-hydrogen) atoms. The van der Waals surface area contributed by atoms with Crippen molar-refractivity contribution in [1.82, 2.24) is 14.1 Å². The van der Waals surface area contributed by atoms with E-state index in [1.165, 1.54) is 21.9 Å². The summed E-state index contributed by atoms with van der Waals surface area (Å²) in [5, 5.41) is 6.55. The van der Waals surface area contributed by atoms with Gasteiger partial charge in [-0.25, -0.2) is 4.98 Å². The molecule has 0 aliphatic heterocycles. The van der Waals surface area contributed by atoms with Gasteiger partial charge in [-0.05, 0) is 106 Å². The number of rotatable bonds is 3. The van der Waals surface area contributed by atoms with E-state index in [1.807, 2.05) is 28.8 Å². The van der Waals surface area contributed by atoms with Crippen LogP contribution in [0, 0.1) is 0 Å². The first-order chi connectivity index (χ1) is 25.7. The van der Waals surface area contributed by atoms with Crippen LogP contribution in [0.25, 0.3) is 77.1 Å². The number of nitrogens with zero attached hydrogens (tertiary/aromatic N) is 3. The van der Waals surface area contributed by atoms with Gasteiger partial charge in [-0.3, -0.25) is 4.57 Å². The molecule has 6 heteroatoms. The Kier molecular flexibility index (Phi) is 7.42. The average Bonchev–Trinajstić information content (AvgIpc) is 3.71. The number of benzene rings is 7. The minimum absolute atomic E-state index is 0.00106. The maximum Gasteiger partial charge on any atom is 0.416 e. The van der Waals surface area contributed by atoms with Gasteiger partial charge in [-0.15, -0.1) is 0 Å². The second-order valence-corrected chi connectivity index (χ2v) is 16.4. The van der Waals surface area contributed by atoms with Crippen molar-refractivity contribution < 1.29 is 13.2 Å². The molecule has 9 rings (SSSR count). The third-order valence-electron chi connectivity index (χ3n) is 10.9. The van der Waals surface area contributed by atoms with Crippen molar-refractivity contribution in [2.24, 2.45) is 0 Å². The van der Waals surface area contributed by atoms with Crippen molar-refractivity contribution in [3.05, 3.63) is 150 Å². The van der Waals surface area contributed by atoms with Gasteiger partial charge in [0.2, 0.25) is 0 Å². The largest absolute Gasteiger partial charge is 0.416 e. The lowest BCUT2D eigenvalue weighted by Crippen LogP contribution is -2.10. The molecule has 9 aromatic rings. The van der Waals surface area contributed by atoms with Gasteiger partial charge >= 0.3 is 6.18 Å². The molecular weight excluding hydrogens is 676 g/mol. The maximum absolute atomic E-state index is 13.7. The smallest absolute Gasteiger partial charge is 0.309 e. The molecule has 0 N–H and O–H groups in total. The average molecular weight is 716 g/mol. The van der Waals surface area contributed by atoms with Crippen LogP contribution in [0.5, 0.6) is 0 Å². The monoisotopic (exact) mass is 715 g/mol. The van der Waals surface area contributed by atoms with Crippen LogP contribution in [0.1, 0.15) is 58.2 Å². The predicted molar refractivity (Wildman–Crippen MR) is 218 cm³/mol. The number of halogens is 3. The molecule has 0 fully saturated rings. The molecule has 0 atom stereocenters. The quantitative estimate of drug-likeness (QED) is 0.167. The van der Waals surface area contributed by atoms with Crippen molar-refractivity contribution >= 4 is 54.4 Å². The Hall–Kier alpha value is -5.88. The van der Waals surface area contributed by atoms with Gasteiger partial charge in [0, 0.05) is 38.5 Å². The van der Waals surface area contributed by atoms with Crippen LogP contribution < -0.4 is 0 Å². The van der Waals surface area contributed by atoms with E-state index in [4.69, 9.17) is 4.98 Å². The first kappa shape index (κ1) is 33.9. The Morgan fingerprint density at radius 2 is 0.889 bits per heavy atom. The van der Waals surface area contributed by atoms with E-state index in [1.54, 1.807) is 12.1 Å². The number of alkyl halides is 3. The summed E-state index contributed by atoms with van der Waals surface area (Å²) in [6.07, 6.45) is -4.44. The van der Waals surface area contributed by atoms with Gasteiger partial charge in [0.1, 0.15) is 5.82 Å². The number of hydrogen-bond donors (Lipinski definition) is 0. The lowest BCUT2D eigenvalue weighted by Gasteiger charge is -2.19. The van der Waals surface area contributed by atoms with Gasteiger partial charge in [0.05, 0.1) is 27.6 Å². The van der Waals surface area contributed by atoms with E-state index < -0.39 is 11.7 Å². The number of imidazole rings is 1. The van der Waals surface area contributed by atoms with Crippen LogP contribution in [-0.2, 0) is 17.0 Å². The summed E-state index contributed by atoms with van der Waals surface area (Å²) >= 11 is 0. The highest BCUT2D eigenvalue weighted by Crippen LogP contribution is 2.41. The highest BCUT2D eigenvalue weighted by molar-refractivity contribution is 6.24. The highest BCUT2D eigenvalue weighted by Gasteiger charge is 2.30. The van der Waals surface area contributed by atoms with Crippen LogP contribution in [-0.4, -0.2) is 14.1 Å². The molecule has 0 spiro atoms. The molecule has 0 aliphatic rings. The minimum Gasteiger partial charge on any atom is -0.309 e. The molecule has 7 aromatic carbocycles. The van der Waals surface area contributed by atoms with Crippen LogP contribution >= 0.6 is 0 Å². The van der Waals surface area contributed by atoms with Crippen LogP contribution in [0.4, 0.5) is 13.2 Å². The van der Waals surface area contributed by atoms with E-state index in [-0.39, 0.29) is 10.8 Å². The summed E-state index contributed by atoms with van der Waals surface area (Å²) in [5.74, 6) is 0.657. The minimum atomic E-state index is -4.44. The predicted octanol–water partition coefficient (Wildman–Crippen LogP) is 13.7. The lowest BCUT2D eigenvalue weighted by molar-refractivity contribution is -0.137. The molecule has 2 heterocycles. The molecule has 0 saturated carbocycles. The zero-order valence-corrected chi connectivity index (χ0v) is 31.2. The Bertz CT molecular complexity index is 2840. The van der Waals surface area contributed by atoms with Crippen LogP contribution in [0.3, 0.4) is 0 Å². The molecule has 0 unspecified atom stereocenters. The van der Waals surface area contributed by atoms with E-state index >= 15 is 0 Å². The molecule has 0 saturated heterocycles. The highest BCUT2D eigenvalue weighted by atomic mass is 19.4. The SMILES string of the molecule is CC(C)(C)c1ccc2c(c1)c1cc(C(C)(C)C)ccc1n2-c1ccc(-c2nc3c4ccccc4c4ccccc4c3n2-c2ccc(C(F)(F)F)cc2)cc1. The third-order valence-corrected chi connectivity index (χ3v) is 10.9. The fourth-order valence-electron chi connectivity index (χ4n) is 7.94. The summed E-state index contributed by atoms with van der Waals surface area (Å²) in [4.78, 5) is 5.30. The summed E-state index contributed by atoms with van der Waals surface area (Å²) in [7, 11) is 0. The lowest BCUT2D eigenvalue weighted by atomic mass is 9.85. The van der Waals surface area contributed by atoms with Crippen molar-refractivity contribution in [3.8, 4) is 22.8 Å². The first-order valence-corrected chi connectivity index (χ1v) is 18.4. The molecular formula is C48H40F3N3. The Labute approximate surface area is 312 Å². The summed E-state index contributed by atoms with van der Waals surface area (Å²) in [6.45, 7) is 13.5. The van der Waals surface area contributed by atoms with E-state index in [2.05, 4.69) is 131 Å². The Balaban J connectivity index is 1.28. The van der Waals surface area contributed by atoms with Gasteiger partial charge in [0.15, 0.2) is 0 Å². The second-order valence-electron chi connectivity index (χ2n) is 16.4. The fourth-order valence-corrected chi connectivity index (χ4v) is 7.94. The molecule has 2 aromatic heterocycles. The number of fused-ring (bicyclic) bond motifs is 9. The van der Waals surface area contributed by atoms with E-state index in [9.17, 15) is 13.2 Å². The number of hydrogen-bond acceptors (Lipinski definition) is 1. The molecule has 0 amide bonds. The van der Waals surface area contributed by atoms with Gasteiger partial charge in [0.25, 0.3) is 0 Å². The Morgan fingerprint density at radius 3 is 1.41 bits per heavy atom. The molecule has 268 valence electrons. The molecule has 3 nitrogen and oxygen atoms in total. The van der Waals surface area contributed by atoms with Crippen LogP contribution in [0.2, 0.25) is 0 Å². The molecule has 0 aliphatic carbocycles. The summed E-state index contributed by atoms with van der Waals surface area (Å²) < 4.78 is 45.5. The maximum atomic E-state index is 13.7. The third kappa shape index (κ3) is 5.38. The zero-order valence-electron chi connectivity index (χ0n) is 31.2. The number of aromatic nitrogens is 3. The van der Waals surface area contributed by atoms with E-state index in [0.717, 1.165) is 67.0 Å². The van der Waals surface area contributed by atoms with Crippen molar-refractivity contribution in [2.75, 3.05) is 0 Å². The van der Waals surface area contributed by atoms with Crippen molar-refractivity contribution in [1.29, 1.82) is 0 Å². The van der Waals surface area contributed by atoms with Crippen LogP contribution in [0.15, 0.2) is 133 Å². The summed E-state index contributed by atoms with van der Waals surface area (Å²) in [6, 6.07) is 43.8. The molecule has 0 radical (unpaired) electrons. The van der Waals surface area contributed by atoms with Crippen molar-refractivity contribution in [3.63, 3.8) is 0 Å². The fraction of sp³-hybridized carbons (Fsp3) is 0.188. The van der Waals surface area contributed by atoms with Gasteiger partial charge in [-0.1, -0.05) is 102 Å². The topological polar surface area (TPSA) is 22.8 Å². The van der Waals surface area contributed by atoms with E-state index in [0.29, 0.717) is 11.5 Å². The normalized spacial score (nSPS) is 12.9. The van der Waals surface area contributed by atoms with Crippen molar-refractivity contribution in [2.45, 2.75) is 58.5 Å². The molecule has 0 bridgehead atoms. The second kappa shape index (κ2) is 11.8.